The van der Waals surface area contributed by atoms with Crippen LogP contribution < -0.4 is 5.32 Å². The molecule has 1 unspecified atom stereocenters. The van der Waals surface area contributed by atoms with Gasteiger partial charge in [-0.3, -0.25) is 4.79 Å². The average Bonchev–Trinajstić information content (AvgIpc) is 2.46. The summed E-state index contributed by atoms with van der Waals surface area (Å²) in [5.41, 5.74) is 1.59. The topological polar surface area (TPSA) is 52.9 Å². The molecular formula is C15H17FN2OS. The normalized spacial score (nSPS) is 13.2. The van der Waals surface area contributed by atoms with Gasteiger partial charge in [-0.15, -0.1) is 0 Å². The van der Waals surface area contributed by atoms with E-state index < -0.39 is 0 Å². The lowest BCUT2D eigenvalue weighted by Crippen LogP contribution is -2.21. The minimum atomic E-state index is -0.286. The minimum Gasteiger partial charge on any atom is -0.381 e. The Morgan fingerprint density at radius 2 is 2.05 bits per heavy atom. The van der Waals surface area contributed by atoms with Crippen molar-refractivity contribution in [1.82, 2.24) is 5.32 Å². The number of benzene rings is 1. The molecule has 0 saturated heterocycles. The van der Waals surface area contributed by atoms with Crippen LogP contribution in [-0.2, 0) is 4.79 Å². The second-order valence-corrected chi connectivity index (χ2v) is 5.04. The van der Waals surface area contributed by atoms with Crippen LogP contribution in [0.15, 0.2) is 35.5 Å². The van der Waals surface area contributed by atoms with Crippen molar-refractivity contribution in [2.45, 2.75) is 26.3 Å². The Kier molecular flexibility index (Phi) is 6.26. The molecule has 0 bridgehead atoms. The van der Waals surface area contributed by atoms with E-state index in [1.54, 1.807) is 25.3 Å². The molecule has 1 rings (SSSR count). The second kappa shape index (κ2) is 7.71. The van der Waals surface area contributed by atoms with E-state index in [-0.39, 0.29) is 22.5 Å². The van der Waals surface area contributed by atoms with Crippen molar-refractivity contribution in [3.8, 4) is 6.07 Å². The molecule has 3 nitrogen and oxygen atoms in total. The predicted molar refractivity (Wildman–Crippen MR) is 79.4 cm³/mol. The Hall–Kier alpha value is -1.80. The van der Waals surface area contributed by atoms with Gasteiger partial charge in [0.1, 0.15) is 17.5 Å². The summed E-state index contributed by atoms with van der Waals surface area (Å²) in [6.45, 7) is 3.69. The van der Waals surface area contributed by atoms with Crippen LogP contribution in [-0.4, -0.2) is 11.4 Å². The number of carbonyl (C=O) groups excluding carboxylic acids is 1. The van der Waals surface area contributed by atoms with Gasteiger partial charge in [0.05, 0.1) is 6.04 Å². The fraction of sp³-hybridized carbons (Fsp3) is 0.333. The highest BCUT2D eigenvalue weighted by molar-refractivity contribution is 8.13. The molecule has 0 heterocycles. The highest BCUT2D eigenvalue weighted by atomic mass is 32.2. The molecule has 0 fully saturated rings. The predicted octanol–water partition coefficient (Wildman–Crippen LogP) is 3.55. The van der Waals surface area contributed by atoms with Gasteiger partial charge in [0.2, 0.25) is 5.12 Å². The molecule has 0 aliphatic heterocycles. The van der Waals surface area contributed by atoms with Crippen molar-refractivity contribution < 1.29 is 9.18 Å². The first-order chi connectivity index (χ1) is 9.53. The van der Waals surface area contributed by atoms with Crippen LogP contribution in [0.1, 0.15) is 31.9 Å². The van der Waals surface area contributed by atoms with E-state index in [0.717, 1.165) is 23.7 Å². The molecule has 106 valence electrons. The second-order valence-electron chi connectivity index (χ2n) is 4.26. The smallest absolute Gasteiger partial charge is 0.231 e. The number of hydrogen-bond donors (Lipinski definition) is 1. The van der Waals surface area contributed by atoms with E-state index in [1.807, 2.05) is 13.0 Å². The Bertz CT molecular complexity index is 546. The van der Waals surface area contributed by atoms with Gasteiger partial charge in [-0.05, 0) is 37.3 Å². The van der Waals surface area contributed by atoms with Crippen LogP contribution in [0.5, 0.6) is 0 Å². The van der Waals surface area contributed by atoms with Crippen molar-refractivity contribution in [1.29, 1.82) is 5.26 Å². The number of halogens is 1. The monoisotopic (exact) mass is 292 g/mol. The van der Waals surface area contributed by atoms with E-state index in [2.05, 4.69) is 5.32 Å². The summed E-state index contributed by atoms with van der Waals surface area (Å²) in [5, 5.41) is 12.0. The van der Waals surface area contributed by atoms with Crippen LogP contribution in [0.25, 0.3) is 0 Å². The number of thioether (sulfide) groups is 1. The third kappa shape index (κ3) is 4.10. The summed E-state index contributed by atoms with van der Waals surface area (Å²) in [7, 11) is 0. The molecule has 0 spiro atoms. The number of carbonyl (C=O) groups is 1. The largest absolute Gasteiger partial charge is 0.381 e. The Labute approximate surface area is 122 Å². The van der Waals surface area contributed by atoms with Gasteiger partial charge in [0, 0.05) is 5.70 Å². The summed E-state index contributed by atoms with van der Waals surface area (Å²) < 4.78 is 12.9. The van der Waals surface area contributed by atoms with Crippen LogP contribution in [0.2, 0.25) is 0 Å². The molecule has 20 heavy (non-hydrogen) atoms. The van der Waals surface area contributed by atoms with Gasteiger partial charge in [0.25, 0.3) is 0 Å². The first kappa shape index (κ1) is 16.3. The van der Waals surface area contributed by atoms with E-state index in [1.165, 1.54) is 12.1 Å². The highest BCUT2D eigenvalue weighted by Crippen LogP contribution is 2.20. The standard InChI is InChI=1S/C15H17FN2OS/c1-4-14(11-5-7-12(16)8-6-11)18-10(2)13(9-17)15(19)20-3/h5-8,14,18H,4H2,1-3H3/b13-10-. The lowest BCUT2D eigenvalue weighted by Gasteiger charge is -2.19. The number of allylic oxidation sites excluding steroid dienone is 1. The van der Waals surface area contributed by atoms with E-state index >= 15 is 0 Å². The van der Waals surface area contributed by atoms with Crippen molar-refractivity contribution in [2.24, 2.45) is 0 Å². The maximum Gasteiger partial charge on any atom is 0.231 e. The molecule has 0 aliphatic rings. The molecule has 1 aromatic rings. The fourth-order valence-corrected chi connectivity index (χ4v) is 2.24. The van der Waals surface area contributed by atoms with Crippen molar-refractivity contribution >= 4 is 16.9 Å². The number of rotatable bonds is 5. The summed E-state index contributed by atoms with van der Waals surface area (Å²) in [6.07, 6.45) is 2.40. The number of nitrogens with zero attached hydrogens (tertiary/aromatic N) is 1. The zero-order chi connectivity index (χ0) is 15.1. The molecule has 0 aromatic heterocycles. The van der Waals surface area contributed by atoms with Gasteiger partial charge in [0.15, 0.2) is 0 Å². The summed E-state index contributed by atoms with van der Waals surface area (Å²) in [5.74, 6) is -0.286. The van der Waals surface area contributed by atoms with Gasteiger partial charge < -0.3 is 5.32 Å². The summed E-state index contributed by atoms with van der Waals surface area (Å²) >= 11 is 1.01. The van der Waals surface area contributed by atoms with Gasteiger partial charge in [-0.25, -0.2) is 4.39 Å². The lowest BCUT2D eigenvalue weighted by molar-refractivity contribution is -0.107. The third-order valence-corrected chi connectivity index (χ3v) is 3.52. The first-order valence-corrected chi connectivity index (χ1v) is 7.47. The molecular weight excluding hydrogens is 275 g/mol. The molecule has 0 saturated carbocycles. The quantitative estimate of drug-likeness (QED) is 0.666. The molecule has 1 atom stereocenters. The molecule has 1 N–H and O–H groups in total. The summed E-state index contributed by atoms with van der Waals surface area (Å²) in [6, 6.07) is 8.07. The van der Waals surface area contributed by atoms with Crippen LogP contribution in [0.3, 0.4) is 0 Å². The zero-order valence-corrected chi connectivity index (χ0v) is 12.6. The van der Waals surface area contributed by atoms with E-state index in [0.29, 0.717) is 5.70 Å². The van der Waals surface area contributed by atoms with E-state index in [4.69, 9.17) is 5.26 Å². The molecule has 0 aliphatic carbocycles. The average molecular weight is 292 g/mol. The summed E-state index contributed by atoms with van der Waals surface area (Å²) in [4.78, 5) is 11.6. The minimum absolute atomic E-state index is 0.0615. The number of hydrogen-bond acceptors (Lipinski definition) is 4. The van der Waals surface area contributed by atoms with Gasteiger partial charge in [-0.2, -0.15) is 5.26 Å². The van der Waals surface area contributed by atoms with Crippen molar-refractivity contribution in [2.75, 3.05) is 6.26 Å². The van der Waals surface area contributed by atoms with E-state index in [9.17, 15) is 9.18 Å². The Balaban J connectivity index is 2.98. The molecule has 0 amide bonds. The molecule has 5 heteroatoms. The third-order valence-electron chi connectivity index (χ3n) is 2.95. The maximum atomic E-state index is 12.9. The van der Waals surface area contributed by atoms with Crippen LogP contribution in [0.4, 0.5) is 4.39 Å². The number of nitrogens with one attached hydrogen (secondary N) is 1. The van der Waals surface area contributed by atoms with Crippen molar-refractivity contribution in [3.63, 3.8) is 0 Å². The van der Waals surface area contributed by atoms with Gasteiger partial charge in [-0.1, -0.05) is 30.8 Å². The molecule has 1 aromatic carbocycles. The lowest BCUT2D eigenvalue weighted by atomic mass is 10.0. The van der Waals surface area contributed by atoms with Gasteiger partial charge >= 0.3 is 0 Å². The SMILES string of the molecule is CCC(N/C(C)=C(/C#N)C(=O)SC)c1ccc(F)cc1. The van der Waals surface area contributed by atoms with Crippen LogP contribution >= 0.6 is 11.8 Å². The Morgan fingerprint density at radius 3 is 2.50 bits per heavy atom. The zero-order valence-electron chi connectivity index (χ0n) is 11.7. The fourth-order valence-electron chi connectivity index (χ4n) is 1.83. The van der Waals surface area contributed by atoms with Crippen LogP contribution in [0, 0.1) is 17.1 Å². The maximum absolute atomic E-state index is 12.9. The number of nitriles is 1. The highest BCUT2D eigenvalue weighted by Gasteiger charge is 2.15. The Morgan fingerprint density at radius 1 is 1.45 bits per heavy atom. The van der Waals surface area contributed by atoms with Crippen molar-refractivity contribution in [3.05, 3.63) is 46.9 Å². The molecule has 0 radical (unpaired) electrons. The first-order valence-electron chi connectivity index (χ1n) is 6.24.